The SMILES string of the molecule is Oc1ccc2c(c1)SCCC(c1ccc(Cl)cc1Cl)=C2c1ccc(/C=C2\CCN(CCCF)C2)cc1. The molecule has 1 saturated heterocycles. The molecule has 0 aliphatic carbocycles. The Labute approximate surface area is 226 Å². The van der Waals surface area contributed by atoms with Crippen molar-refractivity contribution in [3.8, 4) is 5.75 Å². The highest BCUT2D eigenvalue weighted by atomic mass is 35.5. The summed E-state index contributed by atoms with van der Waals surface area (Å²) >= 11 is 14.6. The van der Waals surface area contributed by atoms with Crippen molar-refractivity contribution in [2.45, 2.75) is 24.2 Å². The fraction of sp³-hybridized carbons (Fsp3) is 0.267. The van der Waals surface area contributed by atoms with E-state index in [2.05, 4.69) is 35.2 Å². The quantitative estimate of drug-likeness (QED) is 0.339. The Kier molecular flexibility index (Phi) is 8.07. The predicted octanol–water partition coefficient (Wildman–Crippen LogP) is 8.60. The first-order valence-electron chi connectivity index (χ1n) is 12.2. The molecule has 0 saturated carbocycles. The summed E-state index contributed by atoms with van der Waals surface area (Å²) in [5.41, 5.74) is 8.08. The van der Waals surface area contributed by atoms with Crippen LogP contribution in [0.4, 0.5) is 4.39 Å². The number of aromatic hydroxyl groups is 1. The summed E-state index contributed by atoms with van der Waals surface area (Å²) in [6.07, 6.45) is 4.75. The van der Waals surface area contributed by atoms with Gasteiger partial charge in [0.25, 0.3) is 0 Å². The molecule has 2 heterocycles. The summed E-state index contributed by atoms with van der Waals surface area (Å²) < 4.78 is 12.5. The lowest BCUT2D eigenvalue weighted by atomic mass is 9.87. The van der Waals surface area contributed by atoms with Crippen LogP contribution in [0.15, 0.2) is 71.1 Å². The van der Waals surface area contributed by atoms with Crippen LogP contribution < -0.4 is 0 Å². The fourth-order valence-corrected chi connectivity index (χ4v) is 6.62. The van der Waals surface area contributed by atoms with E-state index in [1.807, 2.05) is 24.3 Å². The van der Waals surface area contributed by atoms with E-state index in [4.69, 9.17) is 23.2 Å². The van der Waals surface area contributed by atoms with Crippen molar-refractivity contribution in [3.63, 3.8) is 0 Å². The van der Waals surface area contributed by atoms with Gasteiger partial charge in [0.1, 0.15) is 5.75 Å². The third-order valence-electron chi connectivity index (χ3n) is 6.76. The highest BCUT2D eigenvalue weighted by molar-refractivity contribution is 7.99. The average Bonchev–Trinajstić information content (AvgIpc) is 3.22. The number of thioether (sulfide) groups is 1. The summed E-state index contributed by atoms with van der Waals surface area (Å²) in [6.45, 7) is 2.49. The van der Waals surface area contributed by atoms with E-state index in [0.717, 1.165) is 65.4 Å². The van der Waals surface area contributed by atoms with Gasteiger partial charge in [-0.15, -0.1) is 11.8 Å². The molecule has 1 fully saturated rings. The van der Waals surface area contributed by atoms with Crippen LogP contribution in [0.25, 0.3) is 17.2 Å². The number of rotatable bonds is 6. The van der Waals surface area contributed by atoms with E-state index in [1.54, 1.807) is 23.9 Å². The molecule has 0 spiro atoms. The highest BCUT2D eigenvalue weighted by Gasteiger charge is 2.22. The van der Waals surface area contributed by atoms with E-state index < -0.39 is 0 Å². The van der Waals surface area contributed by atoms with Crippen LogP contribution >= 0.6 is 35.0 Å². The van der Waals surface area contributed by atoms with Gasteiger partial charge in [-0.1, -0.05) is 65.2 Å². The summed E-state index contributed by atoms with van der Waals surface area (Å²) in [5, 5.41) is 11.4. The zero-order valence-corrected chi connectivity index (χ0v) is 22.3. The van der Waals surface area contributed by atoms with E-state index in [-0.39, 0.29) is 12.4 Å². The zero-order valence-electron chi connectivity index (χ0n) is 19.9. The topological polar surface area (TPSA) is 23.5 Å². The number of nitrogens with zero attached hydrogens (tertiary/aromatic N) is 1. The van der Waals surface area contributed by atoms with Gasteiger partial charge < -0.3 is 5.11 Å². The van der Waals surface area contributed by atoms with Gasteiger partial charge in [0.15, 0.2) is 0 Å². The molecule has 0 amide bonds. The Balaban J connectivity index is 1.54. The van der Waals surface area contributed by atoms with Gasteiger partial charge in [0.2, 0.25) is 0 Å². The van der Waals surface area contributed by atoms with E-state index in [9.17, 15) is 9.50 Å². The second-order valence-electron chi connectivity index (χ2n) is 9.25. The number of alkyl halides is 1. The van der Waals surface area contributed by atoms with Crippen molar-refractivity contribution < 1.29 is 9.50 Å². The normalized spacial score (nSPS) is 17.5. The number of hydrogen-bond donors (Lipinski definition) is 1. The lowest BCUT2D eigenvalue weighted by Gasteiger charge is -2.17. The van der Waals surface area contributed by atoms with Crippen molar-refractivity contribution in [1.82, 2.24) is 4.90 Å². The van der Waals surface area contributed by atoms with Crippen LogP contribution in [-0.2, 0) is 0 Å². The molecule has 0 radical (unpaired) electrons. The standard InChI is InChI=1S/C30H28Cl2FNOS/c31-23-6-8-25(28(32)17-23)26-11-15-36-29-18-24(35)7-9-27(29)30(26)22-4-2-20(3-5-22)16-21-10-14-34(19-21)13-1-12-33/h2-9,16-18,35H,1,10-15,19H2/b21-16+. The Morgan fingerprint density at radius 3 is 2.56 bits per heavy atom. The minimum Gasteiger partial charge on any atom is -0.508 e. The number of likely N-dealkylation sites (tertiary alicyclic amines) is 1. The van der Waals surface area contributed by atoms with Crippen LogP contribution in [0.5, 0.6) is 5.75 Å². The highest BCUT2D eigenvalue weighted by Crippen LogP contribution is 2.45. The summed E-state index contributed by atoms with van der Waals surface area (Å²) in [5.74, 6) is 1.16. The van der Waals surface area contributed by atoms with Crippen LogP contribution in [0, 0.1) is 0 Å². The molecule has 5 rings (SSSR count). The van der Waals surface area contributed by atoms with E-state index in [0.29, 0.717) is 16.5 Å². The first kappa shape index (κ1) is 25.4. The number of fused-ring (bicyclic) bond motifs is 1. The molecule has 2 aliphatic rings. The third-order valence-corrected chi connectivity index (χ3v) is 8.36. The molecule has 0 unspecified atom stereocenters. The number of allylic oxidation sites excluding steroid dienone is 1. The molecule has 0 atom stereocenters. The summed E-state index contributed by atoms with van der Waals surface area (Å²) in [6, 6.07) is 20.0. The molecule has 186 valence electrons. The molecule has 3 aromatic rings. The van der Waals surface area contributed by atoms with Gasteiger partial charge in [-0.25, -0.2) is 0 Å². The fourth-order valence-electron chi connectivity index (χ4n) is 5.04. The van der Waals surface area contributed by atoms with Gasteiger partial charge in [0.05, 0.1) is 6.67 Å². The van der Waals surface area contributed by atoms with Crippen molar-refractivity contribution in [2.75, 3.05) is 32.1 Å². The number of phenols is 1. The Morgan fingerprint density at radius 1 is 0.972 bits per heavy atom. The Hall–Kier alpha value is -2.24. The smallest absolute Gasteiger partial charge is 0.116 e. The van der Waals surface area contributed by atoms with Gasteiger partial charge >= 0.3 is 0 Å². The number of halogens is 3. The van der Waals surface area contributed by atoms with Gasteiger partial charge in [-0.2, -0.15) is 0 Å². The van der Waals surface area contributed by atoms with Crippen molar-refractivity contribution in [2.24, 2.45) is 0 Å². The van der Waals surface area contributed by atoms with Crippen molar-refractivity contribution >= 4 is 52.2 Å². The zero-order chi connectivity index (χ0) is 25.1. The minimum atomic E-state index is -0.253. The third kappa shape index (κ3) is 5.68. The average molecular weight is 541 g/mol. The maximum absolute atomic E-state index is 12.5. The summed E-state index contributed by atoms with van der Waals surface area (Å²) in [7, 11) is 0. The van der Waals surface area contributed by atoms with Crippen LogP contribution in [0.1, 0.15) is 41.5 Å². The lowest BCUT2D eigenvalue weighted by molar-refractivity contribution is 0.317. The maximum atomic E-state index is 12.5. The largest absolute Gasteiger partial charge is 0.508 e. The van der Waals surface area contributed by atoms with E-state index in [1.165, 1.54) is 16.7 Å². The molecular formula is C30H28Cl2FNOS. The second-order valence-corrected chi connectivity index (χ2v) is 11.2. The molecule has 3 aromatic carbocycles. The van der Waals surface area contributed by atoms with Crippen molar-refractivity contribution in [1.29, 1.82) is 0 Å². The van der Waals surface area contributed by atoms with Crippen molar-refractivity contribution in [3.05, 3.63) is 98.5 Å². The molecule has 36 heavy (non-hydrogen) atoms. The van der Waals surface area contributed by atoms with Gasteiger partial charge in [0, 0.05) is 40.3 Å². The molecule has 6 heteroatoms. The maximum Gasteiger partial charge on any atom is 0.116 e. The van der Waals surface area contributed by atoms with Gasteiger partial charge in [-0.3, -0.25) is 9.29 Å². The predicted molar refractivity (Wildman–Crippen MR) is 152 cm³/mol. The van der Waals surface area contributed by atoms with Crippen LogP contribution in [0.3, 0.4) is 0 Å². The number of phenolic OH excluding ortho intramolecular Hbond substituents is 1. The van der Waals surface area contributed by atoms with Crippen LogP contribution in [-0.4, -0.2) is 42.1 Å². The molecule has 1 N–H and O–H groups in total. The van der Waals surface area contributed by atoms with E-state index >= 15 is 0 Å². The Morgan fingerprint density at radius 2 is 1.78 bits per heavy atom. The molecule has 0 bridgehead atoms. The number of benzene rings is 3. The lowest BCUT2D eigenvalue weighted by Crippen LogP contribution is -2.20. The second kappa shape index (κ2) is 11.4. The molecular weight excluding hydrogens is 512 g/mol. The Bertz CT molecular complexity index is 1320. The summed E-state index contributed by atoms with van der Waals surface area (Å²) in [4.78, 5) is 3.39. The minimum absolute atomic E-state index is 0.253. The van der Waals surface area contributed by atoms with Gasteiger partial charge in [-0.05, 0) is 83.0 Å². The first-order chi connectivity index (χ1) is 17.5. The molecule has 0 aromatic heterocycles. The monoisotopic (exact) mass is 539 g/mol. The molecule has 2 nitrogen and oxygen atoms in total. The number of hydrogen-bond acceptors (Lipinski definition) is 3. The first-order valence-corrected chi connectivity index (χ1v) is 14.0. The molecule has 2 aliphatic heterocycles. The van der Waals surface area contributed by atoms with Crippen LogP contribution in [0.2, 0.25) is 10.0 Å².